The van der Waals surface area contributed by atoms with Crippen LogP contribution in [0.3, 0.4) is 0 Å². The average Bonchev–Trinajstić information content (AvgIpc) is 2.65. The Hall–Kier alpha value is -1.68. The molecule has 2 N–H and O–H groups in total. The van der Waals surface area contributed by atoms with Gasteiger partial charge in [0.15, 0.2) is 0 Å². The lowest BCUT2D eigenvalue weighted by Crippen LogP contribution is -1.94. The minimum atomic E-state index is 0.508. The molecule has 0 atom stereocenters. The minimum absolute atomic E-state index is 0.508. The normalized spacial score (nSPS) is 10.8. The Kier molecular flexibility index (Phi) is 2.75. The summed E-state index contributed by atoms with van der Waals surface area (Å²) >= 11 is 0. The zero-order chi connectivity index (χ0) is 11.7. The standard InChI is InChI=1S/C12H16N2O2/c1-14-7-8(6-13)10-4-9(15-2)5-11(16-3)12(10)14/h4-5,7H,6,13H2,1-3H3. The third-order valence-corrected chi connectivity index (χ3v) is 2.77. The van der Waals surface area contributed by atoms with Gasteiger partial charge in [-0.3, -0.25) is 0 Å². The Balaban J connectivity index is 2.80. The highest BCUT2D eigenvalue weighted by Gasteiger charge is 2.12. The summed E-state index contributed by atoms with van der Waals surface area (Å²) < 4.78 is 12.6. The number of rotatable bonds is 3. The quantitative estimate of drug-likeness (QED) is 0.855. The van der Waals surface area contributed by atoms with Gasteiger partial charge in [-0.05, 0) is 11.6 Å². The largest absolute Gasteiger partial charge is 0.497 e. The topological polar surface area (TPSA) is 49.4 Å². The van der Waals surface area contributed by atoms with Gasteiger partial charge in [-0.1, -0.05) is 0 Å². The van der Waals surface area contributed by atoms with Gasteiger partial charge in [0.05, 0.1) is 19.7 Å². The van der Waals surface area contributed by atoms with Crippen LogP contribution in [0.1, 0.15) is 5.56 Å². The summed E-state index contributed by atoms with van der Waals surface area (Å²) in [5.74, 6) is 1.59. The van der Waals surface area contributed by atoms with Gasteiger partial charge < -0.3 is 19.8 Å². The molecule has 0 aliphatic rings. The highest BCUT2D eigenvalue weighted by atomic mass is 16.5. The summed E-state index contributed by atoms with van der Waals surface area (Å²) in [6.07, 6.45) is 2.02. The number of nitrogens with zero attached hydrogens (tertiary/aromatic N) is 1. The number of nitrogens with two attached hydrogens (primary N) is 1. The zero-order valence-corrected chi connectivity index (χ0v) is 9.78. The maximum absolute atomic E-state index is 5.72. The smallest absolute Gasteiger partial charge is 0.146 e. The Morgan fingerprint density at radius 1 is 1.25 bits per heavy atom. The van der Waals surface area contributed by atoms with Crippen LogP contribution < -0.4 is 15.2 Å². The lowest BCUT2D eigenvalue weighted by Gasteiger charge is -2.07. The second-order valence-electron chi connectivity index (χ2n) is 3.70. The SMILES string of the molecule is COc1cc(OC)c2c(c1)c(CN)cn2C. The van der Waals surface area contributed by atoms with Gasteiger partial charge in [-0.25, -0.2) is 0 Å². The number of aromatic nitrogens is 1. The average molecular weight is 220 g/mol. The number of methoxy groups -OCH3 is 2. The highest BCUT2D eigenvalue weighted by Crippen LogP contribution is 2.33. The first-order valence-electron chi connectivity index (χ1n) is 5.11. The Bertz CT molecular complexity index is 517. The molecule has 4 heteroatoms. The molecule has 86 valence electrons. The molecule has 0 aliphatic carbocycles. The van der Waals surface area contributed by atoms with Gasteiger partial charge in [0.1, 0.15) is 11.5 Å². The van der Waals surface area contributed by atoms with E-state index >= 15 is 0 Å². The number of hydrogen-bond acceptors (Lipinski definition) is 3. The van der Waals surface area contributed by atoms with Crippen molar-refractivity contribution in [2.45, 2.75) is 6.54 Å². The molecule has 16 heavy (non-hydrogen) atoms. The predicted molar refractivity (Wildman–Crippen MR) is 63.9 cm³/mol. The van der Waals surface area contributed by atoms with E-state index in [4.69, 9.17) is 15.2 Å². The monoisotopic (exact) mass is 220 g/mol. The summed E-state index contributed by atoms with van der Waals surface area (Å²) in [6, 6.07) is 3.86. The molecule has 0 saturated heterocycles. The van der Waals surface area contributed by atoms with Gasteiger partial charge in [0, 0.05) is 31.2 Å². The summed E-state index contributed by atoms with van der Waals surface area (Å²) in [5.41, 5.74) is 7.85. The van der Waals surface area contributed by atoms with E-state index in [1.165, 1.54) is 0 Å². The Labute approximate surface area is 94.6 Å². The second-order valence-corrected chi connectivity index (χ2v) is 3.70. The fraction of sp³-hybridized carbons (Fsp3) is 0.333. The maximum atomic E-state index is 5.72. The first-order chi connectivity index (χ1) is 7.71. The highest BCUT2D eigenvalue weighted by molar-refractivity contribution is 5.90. The van der Waals surface area contributed by atoms with E-state index in [0.717, 1.165) is 28.0 Å². The van der Waals surface area contributed by atoms with Crippen molar-refractivity contribution in [3.63, 3.8) is 0 Å². The second kappa shape index (κ2) is 4.06. The summed E-state index contributed by atoms with van der Waals surface area (Å²) in [5, 5.41) is 1.08. The summed E-state index contributed by atoms with van der Waals surface area (Å²) in [4.78, 5) is 0. The molecule has 0 aliphatic heterocycles. The van der Waals surface area contributed by atoms with Crippen molar-refractivity contribution in [2.75, 3.05) is 14.2 Å². The van der Waals surface area contributed by atoms with Crippen LogP contribution in [0.5, 0.6) is 11.5 Å². The number of benzene rings is 1. The predicted octanol–water partition coefficient (Wildman–Crippen LogP) is 1.65. The molecular weight excluding hydrogens is 204 g/mol. The van der Waals surface area contributed by atoms with E-state index in [2.05, 4.69) is 0 Å². The molecule has 0 radical (unpaired) electrons. The van der Waals surface area contributed by atoms with Gasteiger partial charge >= 0.3 is 0 Å². The molecule has 2 rings (SSSR count). The number of fused-ring (bicyclic) bond motifs is 1. The van der Waals surface area contributed by atoms with Crippen molar-refractivity contribution in [1.82, 2.24) is 4.57 Å². The number of aryl methyl sites for hydroxylation is 1. The van der Waals surface area contributed by atoms with Crippen molar-refractivity contribution in [3.05, 3.63) is 23.9 Å². The molecule has 0 saturated carbocycles. The molecular formula is C12H16N2O2. The van der Waals surface area contributed by atoms with Crippen molar-refractivity contribution >= 4 is 10.9 Å². The molecule has 0 bridgehead atoms. The molecule has 1 heterocycles. The first kappa shape index (κ1) is 10.8. The number of ether oxygens (including phenoxy) is 2. The molecule has 2 aromatic rings. The third-order valence-electron chi connectivity index (χ3n) is 2.77. The van der Waals surface area contributed by atoms with E-state index in [1.54, 1.807) is 14.2 Å². The van der Waals surface area contributed by atoms with Crippen molar-refractivity contribution in [2.24, 2.45) is 12.8 Å². The molecule has 4 nitrogen and oxygen atoms in total. The fourth-order valence-corrected chi connectivity index (χ4v) is 2.00. The summed E-state index contributed by atoms with van der Waals surface area (Å²) in [6.45, 7) is 0.508. The molecule has 0 fully saturated rings. The molecule has 0 spiro atoms. The van der Waals surface area contributed by atoms with E-state index in [0.29, 0.717) is 6.54 Å². The van der Waals surface area contributed by atoms with Crippen LogP contribution in [-0.2, 0) is 13.6 Å². The summed E-state index contributed by atoms with van der Waals surface area (Å²) in [7, 11) is 5.28. The van der Waals surface area contributed by atoms with Crippen LogP contribution in [0.25, 0.3) is 10.9 Å². The van der Waals surface area contributed by atoms with Gasteiger partial charge in [0.2, 0.25) is 0 Å². The van der Waals surface area contributed by atoms with E-state index < -0.39 is 0 Å². The Morgan fingerprint density at radius 3 is 2.56 bits per heavy atom. The minimum Gasteiger partial charge on any atom is -0.497 e. The van der Waals surface area contributed by atoms with Crippen molar-refractivity contribution in [1.29, 1.82) is 0 Å². The van der Waals surface area contributed by atoms with E-state index in [-0.39, 0.29) is 0 Å². The van der Waals surface area contributed by atoms with Crippen LogP contribution in [0, 0.1) is 0 Å². The van der Waals surface area contributed by atoms with Crippen LogP contribution in [0.4, 0.5) is 0 Å². The van der Waals surface area contributed by atoms with Crippen LogP contribution >= 0.6 is 0 Å². The van der Waals surface area contributed by atoms with Crippen molar-refractivity contribution < 1.29 is 9.47 Å². The molecule has 0 unspecified atom stereocenters. The van der Waals surface area contributed by atoms with Crippen LogP contribution in [0.2, 0.25) is 0 Å². The van der Waals surface area contributed by atoms with E-state index in [1.807, 2.05) is 29.9 Å². The van der Waals surface area contributed by atoms with Crippen molar-refractivity contribution in [3.8, 4) is 11.5 Å². The van der Waals surface area contributed by atoms with E-state index in [9.17, 15) is 0 Å². The fourth-order valence-electron chi connectivity index (χ4n) is 2.00. The molecule has 0 amide bonds. The van der Waals surface area contributed by atoms with Crippen LogP contribution in [-0.4, -0.2) is 18.8 Å². The van der Waals surface area contributed by atoms with Gasteiger partial charge in [0.25, 0.3) is 0 Å². The third kappa shape index (κ3) is 1.51. The molecule has 1 aromatic carbocycles. The molecule has 1 aromatic heterocycles. The van der Waals surface area contributed by atoms with Gasteiger partial charge in [-0.15, -0.1) is 0 Å². The van der Waals surface area contributed by atoms with Gasteiger partial charge in [-0.2, -0.15) is 0 Å². The lowest BCUT2D eigenvalue weighted by atomic mass is 10.1. The maximum Gasteiger partial charge on any atom is 0.146 e. The lowest BCUT2D eigenvalue weighted by molar-refractivity contribution is 0.397. The Morgan fingerprint density at radius 2 is 2.00 bits per heavy atom. The first-order valence-corrected chi connectivity index (χ1v) is 5.11. The number of hydrogen-bond donors (Lipinski definition) is 1. The van der Waals surface area contributed by atoms with Crippen LogP contribution in [0.15, 0.2) is 18.3 Å². The zero-order valence-electron chi connectivity index (χ0n) is 9.78.